The van der Waals surface area contributed by atoms with E-state index < -0.39 is 0 Å². The maximum Gasteiger partial charge on any atom is 0.292 e. The molecule has 3 aromatic heterocycles. The summed E-state index contributed by atoms with van der Waals surface area (Å²) in [5, 5.41) is 2.95. The molecule has 5 heteroatoms. The molecule has 0 aliphatic rings. The predicted octanol–water partition coefficient (Wildman–Crippen LogP) is 4.46. The lowest BCUT2D eigenvalue weighted by atomic mass is 10.1. The first-order chi connectivity index (χ1) is 12.1. The Kier molecular flexibility index (Phi) is 3.61. The molecule has 0 unspecified atom stereocenters. The standard InChI is InChI=1S/C20H17N3O2/c1-13-9-10-23-17(12-13)21-18(15-7-4-3-6-14(15)2)19(23)22-20(24)16-8-5-11-25-16/h3-12H,1-2H3,(H,22,24). The minimum absolute atomic E-state index is 0.262. The molecule has 0 saturated heterocycles. The number of aromatic nitrogens is 2. The van der Waals surface area contributed by atoms with E-state index in [1.807, 2.05) is 60.8 Å². The second-order valence-corrected chi connectivity index (χ2v) is 5.99. The van der Waals surface area contributed by atoms with Crippen molar-refractivity contribution in [1.29, 1.82) is 0 Å². The molecule has 3 heterocycles. The Morgan fingerprint density at radius 3 is 2.72 bits per heavy atom. The van der Waals surface area contributed by atoms with Gasteiger partial charge in [-0.2, -0.15) is 0 Å². The Morgan fingerprint density at radius 1 is 1.12 bits per heavy atom. The van der Waals surface area contributed by atoms with Gasteiger partial charge in [-0.05, 0) is 49.2 Å². The summed E-state index contributed by atoms with van der Waals surface area (Å²) in [5.74, 6) is 0.589. The molecule has 5 nitrogen and oxygen atoms in total. The van der Waals surface area contributed by atoms with Crippen molar-refractivity contribution in [3.63, 3.8) is 0 Å². The molecule has 1 amide bonds. The van der Waals surface area contributed by atoms with Gasteiger partial charge in [-0.1, -0.05) is 24.3 Å². The second kappa shape index (κ2) is 5.94. The zero-order chi connectivity index (χ0) is 17.4. The van der Waals surface area contributed by atoms with Gasteiger partial charge < -0.3 is 9.73 Å². The summed E-state index contributed by atoms with van der Waals surface area (Å²) in [6.07, 6.45) is 3.40. The van der Waals surface area contributed by atoms with Gasteiger partial charge in [-0.25, -0.2) is 4.98 Å². The fourth-order valence-electron chi connectivity index (χ4n) is 2.87. The Labute approximate surface area is 144 Å². The first kappa shape index (κ1) is 15.2. The van der Waals surface area contributed by atoms with Gasteiger partial charge in [0.05, 0.1) is 6.26 Å². The van der Waals surface area contributed by atoms with Crippen LogP contribution in [0.3, 0.4) is 0 Å². The summed E-state index contributed by atoms with van der Waals surface area (Å²) >= 11 is 0. The largest absolute Gasteiger partial charge is 0.459 e. The molecule has 0 radical (unpaired) electrons. The summed E-state index contributed by atoms with van der Waals surface area (Å²) in [5.41, 5.74) is 4.71. The van der Waals surface area contributed by atoms with Crippen LogP contribution in [0.25, 0.3) is 16.9 Å². The van der Waals surface area contributed by atoms with Crippen molar-refractivity contribution in [2.24, 2.45) is 0 Å². The molecule has 0 aliphatic heterocycles. The molecular formula is C20H17N3O2. The smallest absolute Gasteiger partial charge is 0.292 e. The lowest BCUT2D eigenvalue weighted by Crippen LogP contribution is -2.13. The molecule has 25 heavy (non-hydrogen) atoms. The van der Waals surface area contributed by atoms with Gasteiger partial charge in [0.1, 0.15) is 17.2 Å². The molecule has 0 fully saturated rings. The molecule has 0 spiro atoms. The number of carbonyl (C=O) groups excluding carboxylic acids is 1. The second-order valence-electron chi connectivity index (χ2n) is 5.99. The van der Waals surface area contributed by atoms with Crippen molar-refractivity contribution in [1.82, 2.24) is 9.38 Å². The van der Waals surface area contributed by atoms with E-state index in [1.54, 1.807) is 12.1 Å². The lowest BCUT2D eigenvalue weighted by molar-refractivity contribution is 0.0996. The average molecular weight is 331 g/mol. The molecule has 0 aliphatic carbocycles. The quantitative estimate of drug-likeness (QED) is 0.603. The number of anilines is 1. The van der Waals surface area contributed by atoms with Gasteiger partial charge in [-0.15, -0.1) is 0 Å². The Bertz CT molecular complexity index is 1060. The lowest BCUT2D eigenvalue weighted by Gasteiger charge is -2.08. The van der Waals surface area contributed by atoms with Gasteiger partial charge in [0.25, 0.3) is 5.91 Å². The average Bonchev–Trinajstić information content (AvgIpc) is 3.24. The van der Waals surface area contributed by atoms with Gasteiger partial charge >= 0.3 is 0 Å². The number of fused-ring (bicyclic) bond motifs is 1. The van der Waals surface area contributed by atoms with Gasteiger partial charge in [0.15, 0.2) is 5.76 Å². The highest BCUT2D eigenvalue weighted by Crippen LogP contribution is 2.31. The highest BCUT2D eigenvalue weighted by Gasteiger charge is 2.19. The minimum atomic E-state index is -0.304. The first-order valence-electron chi connectivity index (χ1n) is 8.03. The highest BCUT2D eigenvalue weighted by atomic mass is 16.3. The van der Waals surface area contributed by atoms with Crippen molar-refractivity contribution in [2.75, 3.05) is 5.32 Å². The van der Waals surface area contributed by atoms with E-state index in [9.17, 15) is 4.79 Å². The number of hydrogen-bond acceptors (Lipinski definition) is 3. The van der Waals surface area contributed by atoms with Crippen LogP contribution in [0.15, 0.2) is 65.4 Å². The van der Waals surface area contributed by atoms with E-state index in [2.05, 4.69) is 5.32 Å². The number of benzene rings is 1. The van der Waals surface area contributed by atoms with Crippen LogP contribution < -0.4 is 5.32 Å². The zero-order valence-electron chi connectivity index (χ0n) is 14.0. The topological polar surface area (TPSA) is 59.5 Å². The van der Waals surface area contributed by atoms with E-state index in [1.165, 1.54) is 6.26 Å². The van der Waals surface area contributed by atoms with Crippen molar-refractivity contribution in [3.05, 3.63) is 77.9 Å². The van der Waals surface area contributed by atoms with Crippen LogP contribution in [-0.2, 0) is 0 Å². The number of aryl methyl sites for hydroxylation is 2. The number of pyridine rings is 1. The number of nitrogens with one attached hydrogen (secondary N) is 1. The molecule has 4 rings (SSSR count). The Morgan fingerprint density at radius 2 is 1.96 bits per heavy atom. The summed E-state index contributed by atoms with van der Waals surface area (Å²) in [6, 6.07) is 15.3. The van der Waals surface area contributed by atoms with Crippen molar-refractivity contribution in [3.8, 4) is 11.3 Å². The van der Waals surface area contributed by atoms with Crippen LogP contribution in [0.5, 0.6) is 0 Å². The van der Waals surface area contributed by atoms with Crippen LogP contribution in [0.2, 0.25) is 0 Å². The fraction of sp³-hybridized carbons (Fsp3) is 0.100. The van der Waals surface area contributed by atoms with E-state index in [-0.39, 0.29) is 11.7 Å². The Balaban J connectivity index is 1.89. The summed E-state index contributed by atoms with van der Waals surface area (Å²) in [6.45, 7) is 4.05. The molecule has 0 saturated carbocycles. The number of furan rings is 1. The summed E-state index contributed by atoms with van der Waals surface area (Å²) in [7, 11) is 0. The van der Waals surface area contributed by atoms with E-state index in [0.29, 0.717) is 5.82 Å². The van der Waals surface area contributed by atoms with Crippen LogP contribution >= 0.6 is 0 Å². The maximum atomic E-state index is 12.5. The van der Waals surface area contributed by atoms with E-state index in [0.717, 1.165) is 28.0 Å². The van der Waals surface area contributed by atoms with Crippen LogP contribution in [0.4, 0.5) is 5.82 Å². The number of nitrogens with zero attached hydrogens (tertiary/aromatic N) is 2. The van der Waals surface area contributed by atoms with Crippen LogP contribution in [-0.4, -0.2) is 15.3 Å². The molecule has 1 N–H and O–H groups in total. The van der Waals surface area contributed by atoms with Crippen LogP contribution in [0.1, 0.15) is 21.7 Å². The monoisotopic (exact) mass is 331 g/mol. The zero-order valence-corrected chi connectivity index (χ0v) is 14.0. The van der Waals surface area contributed by atoms with E-state index >= 15 is 0 Å². The predicted molar refractivity (Wildman–Crippen MR) is 96.8 cm³/mol. The molecule has 0 bridgehead atoms. The Hall–Kier alpha value is -3.34. The fourth-order valence-corrected chi connectivity index (χ4v) is 2.87. The maximum absolute atomic E-state index is 12.5. The number of amides is 1. The van der Waals surface area contributed by atoms with Crippen LogP contribution in [0, 0.1) is 13.8 Å². The number of imidazole rings is 1. The molecule has 4 aromatic rings. The van der Waals surface area contributed by atoms with Gasteiger partial charge in [0.2, 0.25) is 0 Å². The third-order valence-electron chi connectivity index (χ3n) is 4.16. The number of rotatable bonds is 3. The minimum Gasteiger partial charge on any atom is -0.459 e. The summed E-state index contributed by atoms with van der Waals surface area (Å²) in [4.78, 5) is 17.3. The normalized spacial score (nSPS) is 11.0. The van der Waals surface area contributed by atoms with Crippen molar-refractivity contribution in [2.45, 2.75) is 13.8 Å². The highest BCUT2D eigenvalue weighted by molar-refractivity contribution is 6.04. The first-order valence-corrected chi connectivity index (χ1v) is 8.03. The molecule has 1 aromatic carbocycles. The van der Waals surface area contributed by atoms with Crippen molar-refractivity contribution < 1.29 is 9.21 Å². The third kappa shape index (κ3) is 2.70. The summed E-state index contributed by atoms with van der Waals surface area (Å²) < 4.78 is 7.09. The van der Waals surface area contributed by atoms with Gasteiger partial charge in [-0.3, -0.25) is 9.20 Å². The number of hydrogen-bond donors (Lipinski definition) is 1. The molecular weight excluding hydrogens is 314 g/mol. The molecule has 0 atom stereocenters. The SMILES string of the molecule is Cc1ccn2c(NC(=O)c3ccco3)c(-c3ccccc3C)nc2c1. The van der Waals surface area contributed by atoms with Crippen molar-refractivity contribution >= 4 is 17.4 Å². The van der Waals surface area contributed by atoms with E-state index in [4.69, 9.17) is 9.40 Å². The molecule has 124 valence electrons. The van der Waals surface area contributed by atoms with Gasteiger partial charge in [0, 0.05) is 11.8 Å². The third-order valence-corrected chi connectivity index (χ3v) is 4.16. The number of carbonyl (C=O) groups is 1.